The van der Waals surface area contributed by atoms with Crippen LogP contribution in [-0.4, -0.2) is 52.9 Å². The van der Waals surface area contributed by atoms with E-state index < -0.39 is 17.6 Å². The number of benzene rings is 1. The molecule has 7 nitrogen and oxygen atoms in total. The molecule has 0 spiro atoms. The summed E-state index contributed by atoms with van der Waals surface area (Å²) >= 11 is 0. The lowest BCUT2D eigenvalue weighted by Crippen LogP contribution is -2.48. The lowest BCUT2D eigenvalue weighted by atomic mass is 10.1. The smallest absolute Gasteiger partial charge is 0.352 e. The normalized spacial score (nSPS) is 14.7. The van der Waals surface area contributed by atoms with Crippen molar-refractivity contribution in [3.8, 4) is 0 Å². The summed E-state index contributed by atoms with van der Waals surface area (Å²) in [7, 11) is 0. The topological polar surface area (TPSA) is 78.4 Å². The lowest BCUT2D eigenvalue weighted by molar-refractivity contribution is -0.137. The number of anilines is 2. The molecule has 1 aliphatic rings. The van der Waals surface area contributed by atoms with Crippen LogP contribution in [0.25, 0.3) is 0 Å². The second kappa shape index (κ2) is 7.83. The number of aromatic nitrogens is 2. The first-order chi connectivity index (χ1) is 13.3. The Kier molecular flexibility index (Phi) is 5.48. The Balaban J connectivity index is 1.68. The number of halogens is 3. The van der Waals surface area contributed by atoms with Crippen molar-refractivity contribution >= 4 is 23.3 Å². The molecular weight excluding hydrogens is 375 g/mol. The highest BCUT2D eigenvalue weighted by Gasteiger charge is 2.33. The number of hydrogen-bond acceptors (Lipinski definition) is 5. The summed E-state index contributed by atoms with van der Waals surface area (Å²) in [6.07, 6.45) is -1.96. The Bertz CT molecular complexity index is 862. The number of piperazine rings is 1. The largest absolute Gasteiger partial charge is 0.418 e. The Morgan fingerprint density at radius 2 is 1.71 bits per heavy atom. The summed E-state index contributed by atoms with van der Waals surface area (Å²) in [5, 5.41) is 2.23. The first-order valence-corrected chi connectivity index (χ1v) is 8.56. The van der Waals surface area contributed by atoms with Gasteiger partial charge in [-0.15, -0.1) is 0 Å². The minimum absolute atomic E-state index is 0.0110. The summed E-state index contributed by atoms with van der Waals surface area (Å²) < 4.78 is 39.1. The highest BCUT2D eigenvalue weighted by Crippen LogP contribution is 2.34. The van der Waals surface area contributed by atoms with E-state index in [-0.39, 0.29) is 17.3 Å². The second-order valence-electron chi connectivity index (χ2n) is 6.25. The number of para-hydroxylation sites is 1. The number of carbonyl (C=O) groups is 2. The summed E-state index contributed by atoms with van der Waals surface area (Å²) in [6, 6.07) is 4.72. The van der Waals surface area contributed by atoms with Gasteiger partial charge in [0.05, 0.1) is 23.6 Å². The van der Waals surface area contributed by atoms with Crippen LogP contribution in [0.15, 0.2) is 36.7 Å². The van der Waals surface area contributed by atoms with E-state index in [1.807, 2.05) is 4.90 Å². The zero-order valence-corrected chi connectivity index (χ0v) is 15.0. The van der Waals surface area contributed by atoms with Gasteiger partial charge in [-0.25, -0.2) is 9.97 Å². The van der Waals surface area contributed by atoms with Crippen molar-refractivity contribution in [2.75, 3.05) is 36.4 Å². The fraction of sp³-hybridized carbons (Fsp3) is 0.333. The van der Waals surface area contributed by atoms with Gasteiger partial charge in [0.1, 0.15) is 11.5 Å². The van der Waals surface area contributed by atoms with Crippen molar-refractivity contribution in [2.24, 2.45) is 0 Å². The average Bonchev–Trinajstić information content (AvgIpc) is 2.68. The van der Waals surface area contributed by atoms with Crippen LogP contribution in [0.1, 0.15) is 23.0 Å². The Labute approximate surface area is 159 Å². The number of nitrogens with one attached hydrogen (secondary N) is 1. The third kappa shape index (κ3) is 4.38. The predicted molar refractivity (Wildman–Crippen MR) is 95.9 cm³/mol. The number of amides is 2. The van der Waals surface area contributed by atoms with Gasteiger partial charge in [0.2, 0.25) is 5.91 Å². The fourth-order valence-corrected chi connectivity index (χ4v) is 2.88. The Morgan fingerprint density at radius 1 is 1.04 bits per heavy atom. The number of rotatable bonds is 3. The minimum atomic E-state index is -4.58. The molecule has 0 bridgehead atoms. The molecule has 2 aromatic rings. The lowest BCUT2D eigenvalue weighted by Gasteiger charge is -2.34. The van der Waals surface area contributed by atoms with Crippen LogP contribution in [0, 0.1) is 0 Å². The molecule has 0 unspecified atom stereocenters. The third-order valence-corrected chi connectivity index (χ3v) is 4.40. The standard InChI is InChI=1S/C18H18F3N5O2/c1-12(27)25-6-8-26(9-7-25)16-11-22-15(10-23-16)17(28)24-14-5-3-2-4-13(14)18(19,20)21/h2-5,10-11H,6-9H2,1H3,(H,24,28). The summed E-state index contributed by atoms with van der Waals surface area (Å²) in [5.41, 5.74) is -1.37. The number of carbonyl (C=O) groups excluding carboxylic acids is 2. The summed E-state index contributed by atoms with van der Waals surface area (Å²) in [6.45, 7) is 3.80. The quantitative estimate of drug-likeness (QED) is 0.867. The second-order valence-corrected chi connectivity index (χ2v) is 6.25. The van der Waals surface area contributed by atoms with Crippen molar-refractivity contribution in [3.63, 3.8) is 0 Å². The van der Waals surface area contributed by atoms with E-state index in [4.69, 9.17) is 0 Å². The van der Waals surface area contributed by atoms with Crippen molar-refractivity contribution < 1.29 is 22.8 Å². The minimum Gasteiger partial charge on any atom is -0.352 e. The molecule has 0 aliphatic carbocycles. The summed E-state index contributed by atoms with van der Waals surface area (Å²) in [4.78, 5) is 35.5. The predicted octanol–water partition coefficient (Wildman–Crippen LogP) is 2.42. The number of nitrogens with zero attached hydrogens (tertiary/aromatic N) is 4. The van der Waals surface area contributed by atoms with Crippen molar-refractivity contribution in [3.05, 3.63) is 47.9 Å². The van der Waals surface area contributed by atoms with Gasteiger partial charge < -0.3 is 15.1 Å². The van der Waals surface area contributed by atoms with Gasteiger partial charge in [0.25, 0.3) is 5.91 Å². The monoisotopic (exact) mass is 393 g/mol. The van der Waals surface area contributed by atoms with E-state index in [1.54, 1.807) is 4.90 Å². The van der Waals surface area contributed by atoms with E-state index in [0.717, 1.165) is 6.07 Å². The maximum absolute atomic E-state index is 13.0. The van der Waals surface area contributed by atoms with E-state index in [1.165, 1.54) is 37.5 Å². The number of hydrogen-bond donors (Lipinski definition) is 1. The fourth-order valence-electron chi connectivity index (χ4n) is 2.88. The van der Waals surface area contributed by atoms with Crippen LogP contribution in [0.3, 0.4) is 0 Å². The maximum atomic E-state index is 13.0. The molecule has 0 radical (unpaired) electrons. The zero-order valence-electron chi connectivity index (χ0n) is 15.0. The van der Waals surface area contributed by atoms with Crippen LogP contribution in [0.2, 0.25) is 0 Å². The molecule has 1 aromatic heterocycles. The van der Waals surface area contributed by atoms with Crippen LogP contribution < -0.4 is 10.2 Å². The van der Waals surface area contributed by atoms with Gasteiger partial charge >= 0.3 is 6.18 Å². The van der Waals surface area contributed by atoms with Crippen LogP contribution in [-0.2, 0) is 11.0 Å². The highest BCUT2D eigenvalue weighted by atomic mass is 19.4. The maximum Gasteiger partial charge on any atom is 0.418 e. The van der Waals surface area contributed by atoms with Gasteiger partial charge in [0.15, 0.2) is 0 Å². The molecule has 1 N–H and O–H groups in total. The van der Waals surface area contributed by atoms with E-state index >= 15 is 0 Å². The molecule has 10 heteroatoms. The number of alkyl halides is 3. The van der Waals surface area contributed by atoms with Gasteiger partial charge in [-0.1, -0.05) is 12.1 Å². The Morgan fingerprint density at radius 3 is 2.29 bits per heavy atom. The van der Waals surface area contributed by atoms with Crippen molar-refractivity contribution in [1.82, 2.24) is 14.9 Å². The SMILES string of the molecule is CC(=O)N1CCN(c2cnc(C(=O)Nc3ccccc3C(F)(F)F)cn2)CC1. The van der Waals surface area contributed by atoms with Crippen LogP contribution in [0.4, 0.5) is 24.7 Å². The van der Waals surface area contributed by atoms with E-state index in [0.29, 0.717) is 32.0 Å². The molecule has 2 amide bonds. The first kappa shape index (κ1) is 19.6. The highest BCUT2D eigenvalue weighted by molar-refractivity contribution is 6.03. The van der Waals surface area contributed by atoms with E-state index in [2.05, 4.69) is 15.3 Å². The molecule has 3 rings (SSSR count). The molecule has 0 atom stereocenters. The van der Waals surface area contributed by atoms with Crippen molar-refractivity contribution in [1.29, 1.82) is 0 Å². The van der Waals surface area contributed by atoms with Gasteiger partial charge in [0, 0.05) is 33.1 Å². The summed E-state index contributed by atoms with van der Waals surface area (Å²) in [5.74, 6) is -0.232. The molecule has 1 aliphatic heterocycles. The average molecular weight is 393 g/mol. The molecule has 28 heavy (non-hydrogen) atoms. The van der Waals surface area contributed by atoms with E-state index in [9.17, 15) is 22.8 Å². The molecule has 1 fully saturated rings. The molecule has 1 aromatic carbocycles. The molecule has 0 saturated carbocycles. The first-order valence-electron chi connectivity index (χ1n) is 8.56. The van der Waals surface area contributed by atoms with Gasteiger partial charge in [-0.3, -0.25) is 9.59 Å². The van der Waals surface area contributed by atoms with Gasteiger partial charge in [-0.2, -0.15) is 13.2 Å². The van der Waals surface area contributed by atoms with Gasteiger partial charge in [-0.05, 0) is 12.1 Å². The van der Waals surface area contributed by atoms with Crippen molar-refractivity contribution in [2.45, 2.75) is 13.1 Å². The zero-order chi connectivity index (χ0) is 20.3. The van der Waals surface area contributed by atoms with Crippen LogP contribution >= 0.6 is 0 Å². The third-order valence-electron chi connectivity index (χ3n) is 4.40. The Hall–Kier alpha value is -3.17. The molecule has 148 valence electrons. The molecular formula is C18H18F3N5O2. The molecule has 2 heterocycles. The van der Waals surface area contributed by atoms with Crippen LogP contribution in [0.5, 0.6) is 0 Å². The molecule has 1 saturated heterocycles.